The molecule has 2 heterocycles. The molecule has 104 valence electrons. The molecule has 2 aliphatic heterocycles. The van der Waals surface area contributed by atoms with Crippen LogP contribution in [0.15, 0.2) is 18.2 Å². The first kappa shape index (κ1) is 12.8. The summed E-state index contributed by atoms with van der Waals surface area (Å²) in [6.45, 7) is 6.36. The molecule has 4 nitrogen and oxygen atoms in total. The summed E-state index contributed by atoms with van der Waals surface area (Å²) in [4.78, 5) is 2.41. The zero-order chi connectivity index (χ0) is 13.1. The normalized spacial score (nSPS) is 21.3. The molecule has 0 amide bonds. The molecule has 2 aliphatic rings. The van der Waals surface area contributed by atoms with Crippen LogP contribution in [-0.2, 0) is 11.3 Å². The molecule has 19 heavy (non-hydrogen) atoms. The zero-order valence-corrected chi connectivity index (χ0v) is 11.4. The second kappa shape index (κ2) is 5.80. The van der Waals surface area contributed by atoms with Gasteiger partial charge in [0.15, 0.2) is 11.5 Å². The average molecular weight is 263 g/mol. The van der Waals surface area contributed by atoms with Gasteiger partial charge in [-0.05, 0) is 25.5 Å². The minimum atomic E-state index is 0.338. The Hall–Kier alpha value is -1.26. The van der Waals surface area contributed by atoms with E-state index in [9.17, 15) is 0 Å². The third-order valence-electron chi connectivity index (χ3n) is 3.81. The fourth-order valence-corrected chi connectivity index (χ4v) is 2.74. The van der Waals surface area contributed by atoms with Gasteiger partial charge in [-0.25, -0.2) is 0 Å². The highest BCUT2D eigenvalue weighted by Gasteiger charge is 2.22. The first-order valence-electron chi connectivity index (χ1n) is 7.08. The summed E-state index contributed by atoms with van der Waals surface area (Å²) >= 11 is 0. The molecule has 0 unspecified atom stereocenters. The molecular weight excluding hydrogens is 242 g/mol. The molecule has 0 spiro atoms. The van der Waals surface area contributed by atoms with Crippen molar-refractivity contribution in [3.63, 3.8) is 0 Å². The van der Waals surface area contributed by atoms with E-state index < -0.39 is 0 Å². The monoisotopic (exact) mass is 263 g/mol. The maximum absolute atomic E-state index is 5.72. The highest BCUT2D eigenvalue weighted by atomic mass is 16.7. The second-order valence-corrected chi connectivity index (χ2v) is 5.11. The van der Waals surface area contributed by atoms with Gasteiger partial charge in [0.25, 0.3) is 0 Å². The predicted octanol–water partition coefficient (Wildman–Crippen LogP) is 2.42. The molecule has 1 aromatic rings. The Balaban J connectivity index is 1.67. The van der Waals surface area contributed by atoms with Crippen LogP contribution in [0.25, 0.3) is 0 Å². The predicted molar refractivity (Wildman–Crippen MR) is 72.5 cm³/mol. The molecule has 1 atom stereocenters. The summed E-state index contributed by atoms with van der Waals surface area (Å²) in [5.74, 6) is 1.78. The van der Waals surface area contributed by atoms with Gasteiger partial charge in [-0.1, -0.05) is 19.1 Å². The first-order chi connectivity index (χ1) is 9.36. The number of benzene rings is 1. The average Bonchev–Trinajstić information content (AvgIpc) is 3.08. The fourth-order valence-electron chi connectivity index (χ4n) is 2.74. The van der Waals surface area contributed by atoms with E-state index in [1.54, 1.807) is 0 Å². The van der Waals surface area contributed by atoms with Crippen molar-refractivity contribution in [1.82, 2.24) is 4.90 Å². The molecule has 1 saturated heterocycles. The van der Waals surface area contributed by atoms with Crippen molar-refractivity contribution in [3.05, 3.63) is 23.8 Å². The van der Waals surface area contributed by atoms with Gasteiger partial charge in [-0.2, -0.15) is 0 Å². The Morgan fingerprint density at radius 2 is 2.26 bits per heavy atom. The number of ether oxygens (including phenoxy) is 3. The van der Waals surface area contributed by atoms with Crippen LogP contribution in [0, 0.1) is 0 Å². The summed E-state index contributed by atoms with van der Waals surface area (Å²) in [5.41, 5.74) is 1.20. The summed E-state index contributed by atoms with van der Waals surface area (Å²) in [7, 11) is 0. The van der Waals surface area contributed by atoms with Crippen molar-refractivity contribution >= 4 is 0 Å². The van der Waals surface area contributed by atoms with Gasteiger partial charge in [0, 0.05) is 25.3 Å². The van der Waals surface area contributed by atoms with Crippen LogP contribution in [0.4, 0.5) is 0 Å². The summed E-state index contributed by atoms with van der Waals surface area (Å²) in [6, 6.07) is 6.11. The molecule has 1 fully saturated rings. The lowest BCUT2D eigenvalue weighted by Gasteiger charge is -2.24. The maximum atomic E-state index is 5.72. The molecule has 1 aromatic carbocycles. The van der Waals surface area contributed by atoms with Gasteiger partial charge in [-0.3, -0.25) is 4.90 Å². The van der Waals surface area contributed by atoms with Crippen molar-refractivity contribution in [2.75, 3.05) is 26.5 Å². The van der Waals surface area contributed by atoms with E-state index in [2.05, 4.69) is 17.9 Å². The van der Waals surface area contributed by atoms with Crippen molar-refractivity contribution in [3.8, 4) is 11.5 Å². The van der Waals surface area contributed by atoms with Crippen LogP contribution in [0.5, 0.6) is 11.5 Å². The molecule has 0 radical (unpaired) electrons. The van der Waals surface area contributed by atoms with E-state index in [1.807, 2.05) is 12.1 Å². The lowest BCUT2D eigenvalue weighted by Crippen LogP contribution is -2.31. The summed E-state index contributed by atoms with van der Waals surface area (Å²) in [5, 5.41) is 0. The molecule has 0 aliphatic carbocycles. The molecule has 3 rings (SSSR count). The maximum Gasteiger partial charge on any atom is 0.231 e. The van der Waals surface area contributed by atoms with E-state index in [-0.39, 0.29) is 0 Å². The van der Waals surface area contributed by atoms with Gasteiger partial charge < -0.3 is 14.2 Å². The van der Waals surface area contributed by atoms with Crippen LogP contribution in [0.1, 0.15) is 25.3 Å². The molecule has 0 saturated carbocycles. The van der Waals surface area contributed by atoms with Crippen molar-refractivity contribution < 1.29 is 14.2 Å². The smallest absolute Gasteiger partial charge is 0.231 e. The first-order valence-corrected chi connectivity index (χ1v) is 7.08. The lowest BCUT2D eigenvalue weighted by molar-refractivity contribution is 0.0721. The van der Waals surface area contributed by atoms with Gasteiger partial charge in [0.2, 0.25) is 6.79 Å². The van der Waals surface area contributed by atoms with Crippen molar-refractivity contribution in [2.24, 2.45) is 0 Å². The number of fused-ring (bicyclic) bond motifs is 1. The van der Waals surface area contributed by atoms with E-state index in [0.717, 1.165) is 37.7 Å². The van der Waals surface area contributed by atoms with Crippen LogP contribution in [-0.4, -0.2) is 37.5 Å². The highest BCUT2D eigenvalue weighted by molar-refractivity contribution is 5.48. The topological polar surface area (TPSA) is 30.9 Å². The van der Waals surface area contributed by atoms with Crippen LogP contribution in [0.2, 0.25) is 0 Å². The van der Waals surface area contributed by atoms with E-state index in [1.165, 1.54) is 18.4 Å². The summed E-state index contributed by atoms with van der Waals surface area (Å²) < 4.78 is 16.7. The van der Waals surface area contributed by atoms with E-state index >= 15 is 0 Å². The molecule has 0 N–H and O–H groups in total. The number of hydrogen-bond acceptors (Lipinski definition) is 4. The minimum absolute atomic E-state index is 0.338. The number of rotatable bonds is 5. The number of likely N-dealkylation sites (N-methyl/N-ethyl adjacent to an activating group) is 1. The van der Waals surface area contributed by atoms with Crippen molar-refractivity contribution in [1.29, 1.82) is 0 Å². The third-order valence-corrected chi connectivity index (χ3v) is 3.81. The summed E-state index contributed by atoms with van der Waals surface area (Å²) in [6.07, 6.45) is 2.78. The van der Waals surface area contributed by atoms with Crippen LogP contribution in [0.3, 0.4) is 0 Å². The van der Waals surface area contributed by atoms with Crippen molar-refractivity contribution in [2.45, 2.75) is 32.4 Å². The second-order valence-electron chi connectivity index (χ2n) is 5.11. The Kier molecular flexibility index (Phi) is 3.89. The third kappa shape index (κ3) is 2.85. The fraction of sp³-hybridized carbons (Fsp3) is 0.600. The SMILES string of the molecule is CCN(Cc1cccc2c1OCO2)C[C@@H]1CCCO1. The number of para-hydroxylation sites is 1. The molecule has 0 bridgehead atoms. The van der Waals surface area contributed by atoms with Gasteiger partial charge >= 0.3 is 0 Å². The Labute approximate surface area is 114 Å². The highest BCUT2D eigenvalue weighted by Crippen LogP contribution is 2.36. The molecule has 0 aromatic heterocycles. The number of hydrogen-bond donors (Lipinski definition) is 0. The lowest BCUT2D eigenvalue weighted by atomic mass is 10.1. The van der Waals surface area contributed by atoms with Gasteiger partial charge in [0.05, 0.1) is 6.10 Å². The molecular formula is C15H21NO3. The Bertz CT molecular complexity index is 429. The Morgan fingerprint density at radius 1 is 1.32 bits per heavy atom. The minimum Gasteiger partial charge on any atom is -0.454 e. The zero-order valence-electron chi connectivity index (χ0n) is 11.4. The standard InChI is InChI=1S/C15H21NO3/c1-2-16(10-13-6-4-8-17-13)9-12-5-3-7-14-15(12)19-11-18-14/h3,5,7,13H,2,4,6,8-11H2,1H3/t13-/m0/s1. The van der Waals surface area contributed by atoms with Crippen LogP contribution < -0.4 is 9.47 Å². The van der Waals surface area contributed by atoms with E-state index in [0.29, 0.717) is 12.9 Å². The number of nitrogens with zero attached hydrogens (tertiary/aromatic N) is 1. The van der Waals surface area contributed by atoms with Crippen LogP contribution >= 0.6 is 0 Å². The molecule has 4 heteroatoms. The Morgan fingerprint density at radius 3 is 3.05 bits per heavy atom. The quantitative estimate of drug-likeness (QED) is 0.816. The van der Waals surface area contributed by atoms with Gasteiger partial charge in [-0.15, -0.1) is 0 Å². The van der Waals surface area contributed by atoms with E-state index in [4.69, 9.17) is 14.2 Å². The van der Waals surface area contributed by atoms with Gasteiger partial charge in [0.1, 0.15) is 0 Å². The largest absolute Gasteiger partial charge is 0.454 e.